The van der Waals surface area contributed by atoms with Crippen LogP contribution in [0.5, 0.6) is 0 Å². The molecule has 20 heavy (non-hydrogen) atoms. The molecule has 0 bridgehead atoms. The van der Waals surface area contributed by atoms with Crippen LogP contribution in [0.2, 0.25) is 0 Å². The van der Waals surface area contributed by atoms with Crippen LogP contribution in [0.25, 0.3) is 0 Å². The van der Waals surface area contributed by atoms with Crippen molar-refractivity contribution in [1.82, 2.24) is 0 Å². The summed E-state index contributed by atoms with van der Waals surface area (Å²) in [6.07, 6.45) is 4.47. The van der Waals surface area contributed by atoms with Crippen LogP contribution in [0.3, 0.4) is 0 Å². The molecule has 0 spiro atoms. The van der Waals surface area contributed by atoms with Crippen LogP contribution in [0.4, 0.5) is 5.69 Å². The van der Waals surface area contributed by atoms with Crippen LogP contribution in [-0.4, -0.2) is 15.4 Å². The Bertz CT molecular complexity index is 531. The Morgan fingerprint density at radius 1 is 1.40 bits per heavy atom. The van der Waals surface area contributed by atoms with E-state index in [0.29, 0.717) is 22.9 Å². The summed E-state index contributed by atoms with van der Waals surface area (Å²) in [7, 11) is -0.902. The highest BCUT2D eigenvalue weighted by atomic mass is 32.2. The number of amides is 1. The van der Waals surface area contributed by atoms with E-state index in [9.17, 15) is 9.00 Å². The lowest BCUT2D eigenvalue weighted by atomic mass is 9.91. The molecule has 0 saturated heterocycles. The predicted octanol–water partition coefficient (Wildman–Crippen LogP) is 2.20. The number of primary amides is 1. The molecule has 1 saturated carbocycles. The highest BCUT2D eigenvalue weighted by molar-refractivity contribution is 7.84. The number of nitrogens with two attached hydrogens (primary N) is 2. The first-order valence-electron chi connectivity index (χ1n) is 7.02. The molecule has 1 aromatic rings. The monoisotopic (exact) mass is 294 g/mol. The van der Waals surface area contributed by atoms with Crippen molar-refractivity contribution < 1.29 is 9.00 Å². The van der Waals surface area contributed by atoms with Crippen LogP contribution in [0.15, 0.2) is 18.2 Å². The van der Waals surface area contributed by atoms with Gasteiger partial charge in [-0.05, 0) is 36.5 Å². The summed E-state index contributed by atoms with van der Waals surface area (Å²) in [6.45, 7) is 2.22. The molecule has 3 atom stereocenters. The van der Waals surface area contributed by atoms with E-state index in [1.54, 1.807) is 18.2 Å². The third kappa shape index (κ3) is 3.60. The third-order valence-corrected chi connectivity index (χ3v) is 5.76. The fourth-order valence-electron chi connectivity index (χ4n) is 2.77. The van der Waals surface area contributed by atoms with Crippen LogP contribution in [0.1, 0.15) is 48.5 Å². The van der Waals surface area contributed by atoms with Gasteiger partial charge in [0.2, 0.25) is 5.91 Å². The number of hydrogen-bond donors (Lipinski definition) is 2. The molecule has 2 rings (SSSR count). The molecular weight excluding hydrogens is 272 g/mol. The molecule has 1 aliphatic carbocycles. The fraction of sp³-hybridized carbons (Fsp3) is 0.533. The zero-order valence-electron chi connectivity index (χ0n) is 11.8. The van der Waals surface area contributed by atoms with Gasteiger partial charge in [0.1, 0.15) is 0 Å². The molecule has 1 aromatic carbocycles. The van der Waals surface area contributed by atoms with E-state index < -0.39 is 16.7 Å². The van der Waals surface area contributed by atoms with Crippen molar-refractivity contribution in [3.05, 3.63) is 29.3 Å². The van der Waals surface area contributed by atoms with E-state index in [4.69, 9.17) is 11.5 Å². The van der Waals surface area contributed by atoms with Gasteiger partial charge in [-0.25, -0.2) is 0 Å². The molecule has 1 fully saturated rings. The molecule has 3 unspecified atom stereocenters. The minimum Gasteiger partial charge on any atom is -0.398 e. The SMILES string of the molecule is CC1CCCC(S(=O)Cc2ccc(C(N)=O)cc2N)C1. The largest absolute Gasteiger partial charge is 0.398 e. The summed E-state index contributed by atoms with van der Waals surface area (Å²) in [6, 6.07) is 4.98. The summed E-state index contributed by atoms with van der Waals surface area (Å²) < 4.78 is 12.4. The molecule has 110 valence electrons. The van der Waals surface area contributed by atoms with E-state index >= 15 is 0 Å². The highest BCUT2D eigenvalue weighted by Gasteiger charge is 2.24. The minimum absolute atomic E-state index is 0.272. The number of carbonyl (C=O) groups excluding carboxylic acids is 1. The second-order valence-electron chi connectivity index (χ2n) is 5.70. The molecule has 1 amide bonds. The van der Waals surface area contributed by atoms with Gasteiger partial charge in [-0.2, -0.15) is 0 Å². The molecule has 4 N–H and O–H groups in total. The van der Waals surface area contributed by atoms with E-state index in [1.165, 1.54) is 6.42 Å². The second kappa shape index (κ2) is 6.39. The van der Waals surface area contributed by atoms with Gasteiger partial charge < -0.3 is 11.5 Å². The maximum Gasteiger partial charge on any atom is 0.248 e. The van der Waals surface area contributed by atoms with Gasteiger partial charge in [0.05, 0.1) is 5.75 Å². The molecule has 0 aromatic heterocycles. The van der Waals surface area contributed by atoms with E-state index in [1.807, 2.05) is 0 Å². The zero-order chi connectivity index (χ0) is 14.7. The summed E-state index contributed by atoms with van der Waals surface area (Å²) in [5, 5.41) is 0.272. The van der Waals surface area contributed by atoms with Crippen molar-refractivity contribution in [3.63, 3.8) is 0 Å². The summed E-state index contributed by atoms with van der Waals surface area (Å²) in [4.78, 5) is 11.1. The Morgan fingerprint density at radius 2 is 2.15 bits per heavy atom. The topological polar surface area (TPSA) is 86.2 Å². The molecule has 0 radical (unpaired) electrons. The second-order valence-corrected chi connectivity index (χ2v) is 7.41. The fourth-order valence-corrected chi connectivity index (χ4v) is 4.55. The molecule has 0 aliphatic heterocycles. The van der Waals surface area contributed by atoms with Gasteiger partial charge in [-0.3, -0.25) is 9.00 Å². The normalized spacial score (nSPS) is 24.2. The number of benzene rings is 1. The first-order valence-corrected chi connectivity index (χ1v) is 8.41. The Kier molecular flexibility index (Phi) is 4.81. The van der Waals surface area contributed by atoms with Crippen molar-refractivity contribution in [1.29, 1.82) is 0 Å². The van der Waals surface area contributed by atoms with Gasteiger partial charge in [-0.1, -0.05) is 25.8 Å². The highest BCUT2D eigenvalue weighted by Crippen LogP contribution is 2.29. The van der Waals surface area contributed by atoms with Gasteiger partial charge in [-0.15, -0.1) is 0 Å². The van der Waals surface area contributed by atoms with Crippen molar-refractivity contribution in [3.8, 4) is 0 Å². The number of anilines is 1. The molecular formula is C15H22N2O2S. The Labute approximate surface area is 122 Å². The number of carbonyl (C=O) groups is 1. The Balaban J connectivity index is 2.06. The molecule has 0 heterocycles. The minimum atomic E-state index is -0.902. The predicted molar refractivity (Wildman–Crippen MR) is 82.6 cm³/mol. The van der Waals surface area contributed by atoms with Crippen molar-refractivity contribution in [2.75, 3.05) is 5.73 Å². The van der Waals surface area contributed by atoms with E-state index in [0.717, 1.165) is 24.8 Å². The first-order chi connectivity index (χ1) is 9.47. The lowest BCUT2D eigenvalue weighted by molar-refractivity contribution is 0.100. The Hall–Kier alpha value is -1.36. The average Bonchev–Trinajstić information content (AvgIpc) is 2.40. The molecule has 1 aliphatic rings. The maximum absolute atomic E-state index is 12.4. The number of rotatable bonds is 4. The number of nitrogen functional groups attached to an aromatic ring is 1. The van der Waals surface area contributed by atoms with Crippen molar-refractivity contribution >= 4 is 22.4 Å². The zero-order valence-corrected chi connectivity index (χ0v) is 12.6. The smallest absolute Gasteiger partial charge is 0.248 e. The quantitative estimate of drug-likeness (QED) is 0.835. The summed E-state index contributed by atoms with van der Waals surface area (Å²) in [5.41, 5.74) is 12.9. The number of hydrogen-bond acceptors (Lipinski definition) is 3. The lowest BCUT2D eigenvalue weighted by Crippen LogP contribution is -2.24. The van der Waals surface area contributed by atoms with Crippen molar-refractivity contribution in [2.45, 2.75) is 43.6 Å². The lowest BCUT2D eigenvalue weighted by Gasteiger charge is -2.26. The van der Waals surface area contributed by atoms with Gasteiger partial charge in [0.15, 0.2) is 0 Å². The van der Waals surface area contributed by atoms with Crippen molar-refractivity contribution in [2.24, 2.45) is 11.7 Å². The van der Waals surface area contributed by atoms with Gasteiger partial charge >= 0.3 is 0 Å². The van der Waals surface area contributed by atoms with Crippen LogP contribution in [0, 0.1) is 5.92 Å². The van der Waals surface area contributed by atoms with E-state index in [2.05, 4.69) is 6.92 Å². The van der Waals surface area contributed by atoms with Crippen LogP contribution < -0.4 is 11.5 Å². The maximum atomic E-state index is 12.4. The van der Waals surface area contributed by atoms with Crippen LogP contribution in [-0.2, 0) is 16.6 Å². The molecule has 4 nitrogen and oxygen atoms in total. The molecule has 5 heteroatoms. The van der Waals surface area contributed by atoms with Crippen LogP contribution >= 0.6 is 0 Å². The summed E-state index contributed by atoms with van der Waals surface area (Å²) >= 11 is 0. The third-order valence-electron chi connectivity index (χ3n) is 3.99. The summed E-state index contributed by atoms with van der Waals surface area (Å²) in [5.74, 6) is 0.625. The van der Waals surface area contributed by atoms with E-state index in [-0.39, 0.29) is 5.25 Å². The first kappa shape index (κ1) is 15.0. The Morgan fingerprint density at radius 3 is 2.75 bits per heavy atom. The van der Waals surface area contributed by atoms with Gasteiger partial charge in [0.25, 0.3) is 0 Å². The average molecular weight is 294 g/mol. The van der Waals surface area contributed by atoms with Gasteiger partial charge in [0, 0.05) is 27.3 Å². The standard InChI is InChI=1S/C15H22N2O2S/c1-10-3-2-4-13(7-10)20(19)9-12-6-5-11(15(17)18)8-14(12)16/h5-6,8,10,13H,2-4,7,9,16H2,1H3,(H2,17,18).